The Hall–Kier alpha value is -1.39. The second-order valence-electron chi connectivity index (χ2n) is 4.28. The molecule has 0 aliphatic rings. The normalized spacial score (nSPS) is 11.0. The molecule has 0 fully saturated rings. The Bertz CT molecular complexity index is 493. The molecule has 2 aromatic rings. The highest BCUT2D eigenvalue weighted by Gasteiger charge is 2.06. The summed E-state index contributed by atoms with van der Waals surface area (Å²) in [5.74, 6) is 0. The standard InChI is InChI=1S/C13H17N3S/c1-10-13(17-9-15-10)8-16(2)7-11-4-3-5-12(14)6-11/h3-6,9H,7-8,14H2,1-2H3. The second-order valence-corrected chi connectivity index (χ2v) is 5.22. The lowest BCUT2D eigenvalue weighted by atomic mass is 10.2. The summed E-state index contributed by atoms with van der Waals surface area (Å²) in [5.41, 5.74) is 10.9. The molecule has 1 aromatic carbocycles. The summed E-state index contributed by atoms with van der Waals surface area (Å²) in [7, 11) is 2.11. The van der Waals surface area contributed by atoms with E-state index >= 15 is 0 Å². The van der Waals surface area contributed by atoms with Gasteiger partial charge in [-0.25, -0.2) is 4.98 Å². The van der Waals surface area contributed by atoms with Crippen LogP contribution >= 0.6 is 11.3 Å². The maximum absolute atomic E-state index is 5.77. The van der Waals surface area contributed by atoms with Crippen LogP contribution in [0.1, 0.15) is 16.1 Å². The van der Waals surface area contributed by atoms with E-state index in [4.69, 9.17) is 5.73 Å². The first-order chi connectivity index (χ1) is 8.15. The molecule has 1 heterocycles. The summed E-state index contributed by atoms with van der Waals surface area (Å²) >= 11 is 1.71. The number of nitrogens with zero attached hydrogens (tertiary/aromatic N) is 2. The van der Waals surface area contributed by atoms with Gasteiger partial charge in [-0.3, -0.25) is 4.90 Å². The molecule has 3 nitrogen and oxygen atoms in total. The van der Waals surface area contributed by atoms with Crippen LogP contribution in [0.25, 0.3) is 0 Å². The summed E-state index contributed by atoms with van der Waals surface area (Å²) < 4.78 is 0. The lowest BCUT2D eigenvalue weighted by Crippen LogP contribution is -2.17. The Morgan fingerprint density at radius 2 is 2.18 bits per heavy atom. The van der Waals surface area contributed by atoms with Gasteiger partial charge in [0.2, 0.25) is 0 Å². The lowest BCUT2D eigenvalue weighted by molar-refractivity contribution is 0.321. The Morgan fingerprint density at radius 3 is 2.82 bits per heavy atom. The molecule has 0 saturated carbocycles. The molecule has 0 unspecified atom stereocenters. The van der Waals surface area contributed by atoms with E-state index in [1.165, 1.54) is 10.4 Å². The SMILES string of the molecule is Cc1ncsc1CN(C)Cc1cccc(N)c1. The predicted molar refractivity (Wildman–Crippen MR) is 72.9 cm³/mol. The van der Waals surface area contributed by atoms with Crippen molar-refractivity contribution in [3.05, 3.63) is 45.9 Å². The molecule has 1 aromatic heterocycles. The topological polar surface area (TPSA) is 42.2 Å². The van der Waals surface area contributed by atoms with Crippen LogP contribution in [0, 0.1) is 6.92 Å². The maximum Gasteiger partial charge on any atom is 0.0798 e. The Balaban J connectivity index is 1.98. The van der Waals surface area contributed by atoms with E-state index in [1.807, 2.05) is 23.7 Å². The second kappa shape index (κ2) is 5.29. The molecular weight excluding hydrogens is 230 g/mol. The minimum absolute atomic E-state index is 0.824. The number of aryl methyl sites for hydroxylation is 1. The minimum Gasteiger partial charge on any atom is -0.399 e. The summed E-state index contributed by atoms with van der Waals surface area (Å²) in [6, 6.07) is 8.04. The van der Waals surface area contributed by atoms with Crippen molar-refractivity contribution in [1.29, 1.82) is 0 Å². The number of nitrogens with two attached hydrogens (primary N) is 1. The van der Waals surface area contributed by atoms with Crippen molar-refractivity contribution in [1.82, 2.24) is 9.88 Å². The van der Waals surface area contributed by atoms with Gasteiger partial charge >= 0.3 is 0 Å². The van der Waals surface area contributed by atoms with E-state index in [9.17, 15) is 0 Å². The average Bonchev–Trinajstić information content (AvgIpc) is 2.64. The third kappa shape index (κ3) is 3.28. The number of benzene rings is 1. The quantitative estimate of drug-likeness (QED) is 0.845. The summed E-state index contributed by atoms with van der Waals surface area (Å²) in [6.07, 6.45) is 0. The molecular formula is C13H17N3S. The van der Waals surface area contributed by atoms with Crippen molar-refractivity contribution in [2.24, 2.45) is 0 Å². The number of aromatic nitrogens is 1. The van der Waals surface area contributed by atoms with E-state index in [-0.39, 0.29) is 0 Å². The van der Waals surface area contributed by atoms with Crippen molar-refractivity contribution in [2.45, 2.75) is 20.0 Å². The zero-order chi connectivity index (χ0) is 12.3. The van der Waals surface area contributed by atoms with Gasteiger partial charge in [0.05, 0.1) is 11.2 Å². The van der Waals surface area contributed by atoms with E-state index in [0.717, 1.165) is 24.5 Å². The van der Waals surface area contributed by atoms with Crippen LogP contribution in [-0.4, -0.2) is 16.9 Å². The van der Waals surface area contributed by atoms with Gasteiger partial charge in [-0.05, 0) is 31.7 Å². The van der Waals surface area contributed by atoms with Crippen LogP contribution in [0.3, 0.4) is 0 Å². The van der Waals surface area contributed by atoms with Gasteiger partial charge in [0.15, 0.2) is 0 Å². The van der Waals surface area contributed by atoms with E-state index in [0.29, 0.717) is 0 Å². The third-order valence-corrected chi connectivity index (χ3v) is 3.58. The fourth-order valence-electron chi connectivity index (χ4n) is 1.78. The van der Waals surface area contributed by atoms with Crippen LogP contribution in [0.15, 0.2) is 29.8 Å². The van der Waals surface area contributed by atoms with Crippen LogP contribution in [0.5, 0.6) is 0 Å². The highest BCUT2D eigenvalue weighted by Crippen LogP contribution is 2.16. The van der Waals surface area contributed by atoms with E-state index in [2.05, 4.69) is 29.9 Å². The molecule has 0 aliphatic heterocycles. The lowest BCUT2D eigenvalue weighted by Gasteiger charge is -2.16. The molecule has 2 rings (SSSR count). The van der Waals surface area contributed by atoms with Gasteiger partial charge in [-0.2, -0.15) is 0 Å². The highest BCUT2D eigenvalue weighted by atomic mass is 32.1. The van der Waals surface area contributed by atoms with E-state index in [1.54, 1.807) is 11.3 Å². The van der Waals surface area contributed by atoms with Gasteiger partial charge in [-0.15, -0.1) is 11.3 Å². The minimum atomic E-state index is 0.824. The first kappa shape index (κ1) is 12.1. The third-order valence-electron chi connectivity index (χ3n) is 2.66. The molecule has 0 bridgehead atoms. The molecule has 0 atom stereocenters. The van der Waals surface area contributed by atoms with Crippen LogP contribution in [0.4, 0.5) is 5.69 Å². The van der Waals surface area contributed by atoms with Crippen LogP contribution in [0.2, 0.25) is 0 Å². The maximum atomic E-state index is 5.77. The van der Waals surface area contributed by atoms with Gasteiger partial charge in [0, 0.05) is 23.7 Å². The summed E-state index contributed by atoms with van der Waals surface area (Å²) in [6.45, 7) is 3.90. The zero-order valence-corrected chi connectivity index (χ0v) is 11.0. The van der Waals surface area contributed by atoms with Crippen molar-refractivity contribution in [3.63, 3.8) is 0 Å². The molecule has 2 N–H and O–H groups in total. The number of rotatable bonds is 4. The fourth-order valence-corrected chi connectivity index (χ4v) is 2.64. The zero-order valence-electron chi connectivity index (χ0n) is 10.2. The Labute approximate surface area is 106 Å². The van der Waals surface area contributed by atoms with Crippen molar-refractivity contribution in [3.8, 4) is 0 Å². The van der Waals surface area contributed by atoms with Crippen LogP contribution in [-0.2, 0) is 13.1 Å². The van der Waals surface area contributed by atoms with Gasteiger partial charge in [0.1, 0.15) is 0 Å². The monoisotopic (exact) mass is 247 g/mol. The first-order valence-electron chi connectivity index (χ1n) is 5.57. The summed E-state index contributed by atoms with van der Waals surface area (Å²) in [5, 5.41) is 0. The predicted octanol–water partition coefficient (Wildman–Crippen LogP) is 2.67. The molecule has 0 aliphatic carbocycles. The molecule has 4 heteroatoms. The first-order valence-corrected chi connectivity index (χ1v) is 6.45. The molecule has 0 radical (unpaired) electrons. The number of hydrogen-bond donors (Lipinski definition) is 1. The van der Waals surface area contributed by atoms with Gasteiger partial charge in [-0.1, -0.05) is 12.1 Å². The molecule has 0 amide bonds. The smallest absolute Gasteiger partial charge is 0.0798 e. The van der Waals surface area contributed by atoms with Crippen LogP contribution < -0.4 is 5.73 Å². The van der Waals surface area contributed by atoms with Gasteiger partial charge < -0.3 is 5.73 Å². The summed E-state index contributed by atoms with van der Waals surface area (Å²) in [4.78, 5) is 7.87. The van der Waals surface area contributed by atoms with Crippen molar-refractivity contribution >= 4 is 17.0 Å². The molecule has 0 saturated heterocycles. The number of anilines is 1. The van der Waals surface area contributed by atoms with Gasteiger partial charge in [0.25, 0.3) is 0 Å². The number of hydrogen-bond acceptors (Lipinski definition) is 4. The molecule has 17 heavy (non-hydrogen) atoms. The van der Waals surface area contributed by atoms with Crippen molar-refractivity contribution < 1.29 is 0 Å². The molecule has 90 valence electrons. The fraction of sp³-hybridized carbons (Fsp3) is 0.308. The number of thiazole rings is 1. The largest absolute Gasteiger partial charge is 0.399 e. The molecule has 0 spiro atoms. The van der Waals surface area contributed by atoms with Crippen molar-refractivity contribution in [2.75, 3.05) is 12.8 Å². The highest BCUT2D eigenvalue weighted by molar-refractivity contribution is 7.09. The van der Waals surface area contributed by atoms with E-state index < -0.39 is 0 Å². The average molecular weight is 247 g/mol. The Morgan fingerprint density at radius 1 is 1.35 bits per heavy atom. The Kier molecular flexibility index (Phi) is 3.76. The number of nitrogen functional groups attached to an aromatic ring is 1.